The number of benzene rings is 4. The van der Waals surface area contributed by atoms with Gasteiger partial charge in [-0.1, -0.05) is 79.9 Å². The second-order valence-corrected chi connectivity index (χ2v) is 9.23. The van der Waals surface area contributed by atoms with Crippen molar-refractivity contribution in [1.29, 1.82) is 0 Å². The molecule has 0 unspecified atom stereocenters. The van der Waals surface area contributed by atoms with Gasteiger partial charge in [0.15, 0.2) is 0 Å². The van der Waals surface area contributed by atoms with E-state index in [9.17, 15) is 4.79 Å². The summed E-state index contributed by atoms with van der Waals surface area (Å²) in [5, 5.41) is 7.73. The van der Waals surface area contributed by atoms with Crippen molar-refractivity contribution in [3.05, 3.63) is 78.4 Å². The number of amides is 1. The number of ether oxygens (including phenoxy) is 1. The first-order valence-electron chi connectivity index (χ1n) is 12.1. The molecule has 0 heterocycles. The summed E-state index contributed by atoms with van der Waals surface area (Å²) < 4.78 is 5.84. The van der Waals surface area contributed by atoms with Crippen molar-refractivity contribution < 1.29 is 9.53 Å². The number of rotatable bonds is 5. The summed E-state index contributed by atoms with van der Waals surface area (Å²) in [7, 11) is 1.70. The molecule has 1 fully saturated rings. The van der Waals surface area contributed by atoms with Gasteiger partial charge in [0.05, 0.1) is 7.11 Å². The molecular formula is C30H31NO2. The number of methoxy groups -OCH3 is 1. The predicted octanol–water partition coefficient (Wildman–Crippen LogP) is 7.37. The molecule has 0 bridgehead atoms. The SMILES string of the molecule is COc1ccc2ccccc2c1-c1c(C(=O)N[C@H](C)C2CCCCC2)ccc2ccccc12. The van der Waals surface area contributed by atoms with Crippen LogP contribution in [-0.4, -0.2) is 19.1 Å². The molecular weight excluding hydrogens is 406 g/mol. The van der Waals surface area contributed by atoms with Crippen LogP contribution in [0.2, 0.25) is 0 Å². The molecule has 0 saturated heterocycles. The third-order valence-corrected chi connectivity index (χ3v) is 7.25. The zero-order valence-electron chi connectivity index (χ0n) is 19.4. The van der Waals surface area contributed by atoms with Crippen LogP contribution in [0.15, 0.2) is 72.8 Å². The Morgan fingerprint density at radius 3 is 2.09 bits per heavy atom. The van der Waals surface area contributed by atoms with E-state index in [4.69, 9.17) is 4.74 Å². The van der Waals surface area contributed by atoms with Crippen LogP contribution in [0.4, 0.5) is 0 Å². The Labute approximate surface area is 195 Å². The summed E-state index contributed by atoms with van der Waals surface area (Å²) in [6.07, 6.45) is 6.23. The smallest absolute Gasteiger partial charge is 0.252 e. The lowest BCUT2D eigenvalue weighted by molar-refractivity contribution is 0.0920. The first-order chi connectivity index (χ1) is 16.2. The van der Waals surface area contributed by atoms with Gasteiger partial charge in [-0.05, 0) is 59.4 Å². The Kier molecular flexibility index (Phi) is 6.04. The normalized spacial score (nSPS) is 15.5. The van der Waals surface area contributed by atoms with Gasteiger partial charge in [0, 0.05) is 22.7 Å². The quantitative estimate of drug-likeness (QED) is 0.354. The molecule has 3 nitrogen and oxygen atoms in total. The summed E-state index contributed by atoms with van der Waals surface area (Å²) in [5.74, 6) is 1.32. The number of carbonyl (C=O) groups is 1. The van der Waals surface area contributed by atoms with Gasteiger partial charge in [-0.25, -0.2) is 0 Å². The minimum atomic E-state index is -0.0104. The van der Waals surface area contributed by atoms with Crippen molar-refractivity contribution in [3.8, 4) is 16.9 Å². The predicted molar refractivity (Wildman–Crippen MR) is 137 cm³/mol. The third kappa shape index (κ3) is 4.08. The van der Waals surface area contributed by atoms with E-state index >= 15 is 0 Å². The third-order valence-electron chi connectivity index (χ3n) is 7.25. The van der Waals surface area contributed by atoms with Crippen LogP contribution >= 0.6 is 0 Å². The molecule has 1 atom stereocenters. The van der Waals surface area contributed by atoms with Gasteiger partial charge in [-0.15, -0.1) is 0 Å². The molecule has 1 saturated carbocycles. The van der Waals surface area contributed by atoms with E-state index in [-0.39, 0.29) is 11.9 Å². The molecule has 1 aliphatic rings. The molecule has 5 rings (SSSR count). The van der Waals surface area contributed by atoms with E-state index in [1.807, 2.05) is 36.4 Å². The lowest BCUT2D eigenvalue weighted by Crippen LogP contribution is -2.39. The van der Waals surface area contributed by atoms with Crippen LogP contribution in [-0.2, 0) is 0 Å². The molecule has 4 aromatic rings. The molecule has 0 radical (unpaired) electrons. The molecule has 1 aliphatic carbocycles. The largest absolute Gasteiger partial charge is 0.496 e. The van der Waals surface area contributed by atoms with Crippen molar-refractivity contribution >= 4 is 27.5 Å². The summed E-state index contributed by atoms with van der Waals surface area (Å²) in [6, 6.07) is 24.9. The van der Waals surface area contributed by atoms with Gasteiger partial charge in [0.2, 0.25) is 0 Å². The minimum absolute atomic E-state index is 0.0104. The van der Waals surface area contributed by atoms with E-state index < -0.39 is 0 Å². The Morgan fingerprint density at radius 1 is 0.818 bits per heavy atom. The highest BCUT2D eigenvalue weighted by molar-refractivity contribution is 6.15. The van der Waals surface area contributed by atoms with Gasteiger partial charge in [-0.3, -0.25) is 4.79 Å². The van der Waals surface area contributed by atoms with Crippen LogP contribution in [0, 0.1) is 5.92 Å². The Hall–Kier alpha value is -3.33. The fraction of sp³-hybridized carbons (Fsp3) is 0.300. The highest BCUT2D eigenvalue weighted by Crippen LogP contribution is 2.42. The van der Waals surface area contributed by atoms with E-state index in [0.29, 0.717) is 11.5 Å². The van der Waals surface area contributed by atoms with Gasteiger partial charge in [0.1, 0.15) is 5.75 Å². The highest BCUT2D eigenvalue weighted by atomic mass is 16.5. The standard InChI is InChI=1S/C30H31NO2/c1-20(21-10-4-3-5-11-21)31-30(32)26-18-16-22-12-6-8-14-24(22)28(26)29-25-15-9-7-13-23(25)17-19-27(29)33-2/h6-9,12-21H,3-5,10-11H2,1-2H3,(H,31,32)/t20-/m1/s1. The van der Waals surface area contributed by atoms with E-state index in [1.54, 1.807) is 7.11 Å². The second kappa shape index (κ2) is 9.27. The Balaban J connectivity index is 1.68. The number of nitrogens with one attached hydrogen (secondary N) is 1. The maximum Gasteiger partial charge on any atom is 0.252 e. The maximum absolute atomic E-state index is 13.7. The zero-order valence-corrected chi connectivity index (χ0v) is 19.4. The molecule has 33 heavy (non-hydrogen) atoms. The van der Waals surface area contributed by atoms with Crippen molar-refractivity contribution in [2.24, 2.45) is 5.92 Å². The molecule has 168 valence electrons. The Morgan fingerprint density at radius 2 is 1.42 bits per heavy atom. The summed E-state index contributed by atoms with van der Waals surface area (Å²) in [6.45, 7) is 2.16. The van der Waals surface area contributed by atoms with Gasteiger partial charge >= 0.3 is 0 Å². The van der Waals surface area contributed by atoms with Crippen molar-refractivity contribution in [2.75, 3.05) is 7.11 Å². The number of hydrogen-bond donors (Lipinski definition) is 1. The van der Waals surface area contributed by atoms with Crippen molar-refractivity contribution in [2.45, 2.75) is 45.1 Å². The molecule has 0 spiro atoms. The van der Waals surface area contributed by atoms with Gasteiger partial charge < -0.3 is 10.1 Å². The first-order valence-corrected chi connectivity index (χ1v) is 12.1. The second-order valence-electron chi connectivity index (χ2n) is 9.23. The van der Waals surface area contributed by atoms with E-state index in [1.165, 1.54) is 32.1 Å². The average Bonchev–Trinajstić information content (AvgIpc) is 2.87. The Bertz CT molecular complexity index is 1300. The lowest BCUT2D eigenvalue weighted by Gasteiger charge is -2.28. The summed E-state index contributed by atoms with van der Waals surface area (Å²) >= 11 is 0. The fourth-order valence-corrected chi connectivity index (χ4v) is 5.45. The van der Waals surface area contributed by atoms with Crippen LogP contribution in [0.1, 0.15) is 49.4 Å². The van der Waals surface area contributed by atoms with E-state index in [0.717, 1.165) is 38.4 Å². The van der Waals surface area contributed by atoms with Gasteiger partial charge in [0.25, 0.3) is 5.91 Å². The van der Waals surface area contributed by atoms with Gasteiger partial charge in [-0.2, -0.15) is 0 Å². The number of fused-ring (bicyclic) bond motifs is 2. The van der Waals surface area contributed by atoms with Crippen LogP contribution < -0.4 is 10.1 Å². The maximum atomic E-state index is 13.7. The highest BCUT2D eigenvalue weighted by Gasteiger charge is 2.25. The lowest BCUT2D eigenvalue weighted by atomic mass is 9.84. The minimum Gasteiger partial charge on any atom is -0.496 e. The summed E-state index contributed by atoms with van der Waals surface area (Å²) in [4.78, 5) is 13.7. The van der Waals surface area contributed by atoms with Crippen LogP contribution in [0.5, 0.6) is 5.75 Å². The zero-order chi connectivity index (χ0) is 22.8. The molecule has 0 aromatic heterocycles. The van der Waals surface area contributed by atoms with E-state index in [2.05, 4.69) is 48.6 Å². The number of hydrogen-bond acceptors (Lipinski definition) is 2. The summed E-state index contributed by atoms with van der Waals surface area (Å²) in [5.41, 5.74) is 2.61. The molecule has 3 heteroatoms. The number of carbonyl (C=O) groups excluding carboxylic acids is 1. The average molecular weight is 438 g/mol. The van der Waals surface area contributed by atoms with Crippen LogP contribution in [0.3, 0.4) is 0 Å². The topological polar surface area (TPSA) is 38.3 Å². The molecule has 1 N–H and O–H groups in total. The monoisotopic (exact) mass is 437 g/mol. The molecule has 0 aliphatic heterocycles. The van der Waals surface area contributed by atoms with Crippen LogP contribution in [0.25, 0.3) is 32.7 Å². The first kappa shape index (κ1) is 21.5. The van der Waals surface area contributed by atoms with Crippen molar-refractivity contribution in [1.82, 2.24) is 5.32 Å². The van der Waals surface area contributed by atoms with Crippen molar-refractivity contribution in [3.63, 3.8) is 0 Å². The fourth-order valence-electron chi connectivity index (χ4n) is 5.45. The molecule has 4 aromatic carbocycles. The molecule has 1 amide bonds.